The van der Waals surface area contributed by atoms with Crippen molar-refractivity contribution in [2.24, 2.45) is 0 Å². The van der Waals surface area contributed by atoms with Gasteiger partial charge in [-0.2, -0.15) is 0 Å². The number of hydrogen-bond donors (Lipinski definition) is 0. The maximum atomic E-state index is 5.67. The van der Waals surface area contributed by atoms with Gasteiger partial charge in [-0.15, -0.1) is 0 Å². The number of rotatable bonds is 40. The molecular weight excluding hydrogens is 800 g/mol. The zero-order valence-corrected chi connectivity index (χ0v) is 42.3. The van der Waals surface area contributed by atoms with Gasteiger partial charge < -0.3 is 42.6 Å². The predicted octanol–water partition coefficient (Wildman–Crippen LogP) is 16.1. The van der Waals surface area contributed by atoms with E-state index in [9.17, 15) is 0 Å². The normalized spacial score (nSPS) is 11.7. The summed E-state index contributed by atoms with van der Waals surface area (Å²) >= 11 is 21.3. The zero-order valence-electron chi connectivity index (χ0n) is 34.3. The van der Waals surface area contributed by atoms with E-state index in [-0.39, 0.29) is 19.5 Å². The standard InChI is InChI=1S/2C20H43O2PS2.Zn/c2*1-3-5-7-9-11-13-15-17-19-21-23(24,25)22-20-18-16-14-12-10-8-6-4-2;/h2*3-20H2,1-2H3,(H,24,25);/q;;+2/p-2. The molecule has 0 aliphatic heterocycles. The third-order valence-corrected chi connectivity index (χ3v) is 13.5. The molecule has 0 bridgehead atoms. The molecule has 0 aromatic heterocycles. The number of unbranched alkanes of at least 4 members (excludes halogenated alkanes) is 28. The van der Waals surface area contributed by atoms with E-state index in [1.165, 1.54) is 180 Å². The first kappa shape index (κ1) is 57.8. The van der Waals surface area contributed by atoms with Gasteiger partial charge in [-0.1, -0.05) is 231 Å². The van der Waals surface area contributed by atoms with Gasteiger partial charge in [0.2, 0.25) is 0 Å². The van der Waals surface area contributed by atoms with E-state index in [4.69, 9.17) is 66.2 Å². The van der Waals surface area contributed by atoms with Crippen LogP contribution in [0, 0.1) is 0 Å². The minimum atomic E-state index is -2.42. The monoisotopic (exact) mass is 882 g/mol. The molecule has 0 saturated heterocycles. The topological polar surface area (TPSA) is 36.9 Å². The molecule has 0 aliphatic rings. The Labute approximate surface area is 354 Å². The molecule has 0 amide bonds. The molecule has 0 aromatic carbocycles. The van der Waals surface area contributed by atoms with Crippen LogP contribution in [0.2, 0.25) is 0 Å². The smallest absolute Gasteiger partial charge is 0.691 e. The van der Waals surface area contributed by atoms with Crippen molar-refractivity contribution in [3.05, 3.63) is 0 Å². The maximum absolute atomic E-state index is 5.67. The molecule has 51 heavy (non-hydrogen) atoms. The first-order valence-corrected chi connectivity index (χ1v) is 28.7. The second-order valence-electron chi connectivity index (χ2n) is 14.1. The van der Waals surface area contributed by atoms with Crippen molar-refractivity contribution in [3.8, 4) is 0 Å². The van der Waals surface area contributed by atoms with Gasteiger partial charge >= 0.3 is 19.5 Å². The van der Waals surface area contributed by atoms with Gasteiger partial charge in [0.05, 0.1) is 37.8 Å². The van der Waals surface area contributed by atoms with Gasteiger partial charge in [-0.3, -0.25) is 0 Å². The predicted molar refractivity (Wildman–Crippen MR) is 238 cm³/mol. The Balaban J connectivity index is -0.000000886. The molecule has 0 radical (unpaired) electrons. The molecule has 11 heteroatoms. The fourth-order valence-electron chi connectivity index (χ4n) is 5.72. The van der Waals surface area contributed by atoms with Crippen LogP contribution in [-0.2, 0) is 85.7 Å². The van der Waals surface area contributed by atoms with Crippen LogP contribution in [0.15, 0.2) is 0 Å². The van der Waals surface area contributed by atoms with Crippen LogP contribution in [0.1, 0.15) is 233 Å². The molecule has 304 valence electrons. The molecule has 4 nitrogen and oxygen atoms in total. The summed E-state index contributed by atoms with van der Waals surface area (Å²) in [7, 11) is 0. The van der Waals surface area contributed by atoms with Gasteiger partial charge in [0, 0.05) is 0 Å². The molecule has 0 spiro atoms. The fourth-order valence-corrected chi connectivity index (χ4v) is 9.07. The second-order valence-corrected chi connectivity index (χ2v) is 24.1. The Kier molecular flexibility index (Phi) is 53.1. The first-order chi connectivity index (χ1) is 24.2. The van der Waals surface area contributed by atoms with Crippen LogP contribution in [0.25, 0.3) is 0 Å². The van der Waals surface area contributed by atoms with E-state index >= 15 is 0 Å². The fraction of sp³-hybridized carbons (Fsp3) is 1.00. The van der Waals surface area contributed by atoms with Crippen LogP contribution in [-0.4, -0.2) is 26.4 Å². The average Bonchev–Trinajstić information content (AvgIpc) is 3.09. The molecule has 0 rings (SSSR count). The van der Waals surface area contributed by atoms with E-state index in [0.717, 1.165) is 25.7 Å². The van der Waals surface area contributed by atoms with Crippen molar-refractivity contribution < 1.29 is 37.6 Å². The molecule has 0 N–H and O–H groups in total. The summed E-state index contributed by atoms with van der Waals surface area (Å²) in [5.41, 5.74) is -4.83. The second kappa shape index (κ2) is 46.8. The van der Waals surface area contributed by atoms with Crippen molar-refractivity contribution in [2.75, 3.05) is 26.4 Å². The molecular formula is C40H84O4P2S4Zn. The summed E-state index contributed by atoms with van der Waals surface area (Å²) in [6.45, 7) is 11.7. The van der Waals surface area contributed by atoms with Crippen LogP contribution in [0.5, 0.6) is 0 Å². The van der Waals surface area contributed by atoms with Crippen molar-refractivity contribution in [1.82, 2.24) is 0 Å². The van der Waals surface area contributed by atoms with E-state index in [1.807, 2.05) is 0 Å². The van der Waals surface area contributed by atoms with Crippen molar-refractivity contribution in [3.63, 3.8) is 0 Å². The van der Waals surface area contributed by atoms with Gasteiger partial charge in [-0.25, -0.2) is 0 Å². The van der Waals surface area contributed by atoms with Crippen LogP contribution >= 0.6 is 11.4 Å². The van der Waals surface area contributed by atoms with Gasteiger partial charge in [-0.05, 0) is 25.7 Å². The Bertz CT molecular complexity index is 643. The first-order valence-electron chi connectivity index (χ1n) is 21.4. The van der Waals surface area contributed by atoms with Gasteiger partial charge in [0.1, 0.15) is 0 Å². The van der Waals surface area contributed by atoms with Crippen molar-refractivity contribution >= 4 is 59.5 Å². The Hall–Kier alpha value is 2.46. The van der Waals surface area contributed by atoms with Gasteiger partial charge in [0.25, 0.3) is 0 Å². The van der Waals surface area contributed by atoms with E-state index in [0.29, 0.717) is 26.4 Å². The molecule has 0 fully saturated rings. The van der Waals surface area contributed by atoms with Crippen LogP contribution in [0.3, 0.4) is 0 Å². The molecule has 0 aromatic rings. The minimum Gasteiger partial charge on any atom is -0.691 e. The summed E-state index contributed by atoms with van der Waals surface area (Å²) < 4.78 is 22.7. The summed E-state index contributed by atoms with van der Waals surface area (Å²) in [4.78, 5) is 0. The van der Waals surface area contributed by atoms with Gasteiger partial charge in [0.15, 0.2) is 0 Å². The van der Waals surface area contributed by atoms with Crippen LogP contribution in [0.4, 0.5) is 0 Å². The Morgan fingerprint density at radius 3 is 0.588 bits per heavy atom. The van der Waals surface area contributed by atoms with Crippen molar-refractivity contribution in [2.45, 2.75) is 233 Å². The summed E-state index contributed by atoms with van der Waals surface area (Å²) in [6.07, 6.45) is 41.4. The zero-order chi connectivity index (χ0) is 37.3. The van der Waals surface area contributed by atoms with E-state index < -0.39 is 11.4 Å². The molecule has 0 saturated carbocycles. The number of hydrogen-bond acceptors (Lipinski definition) is 8. The summed E-state index contributed by atoms with van der Waals surface area (Å²) in [5, 5.41) is 0. The molecule has 0 atom stereocenters. The SMILES string of the molecule is CCCCCCCCCCOP(=S)([S-])OCCCCCCCCCC.CCCCCCCCCCOP(=S)([S-])OCCCCCCCCCC.[Zn+2]. The molecule has 0 heterocycles. The summed E-state index contributed by atoms with van der Waals surface area (Å²) in [5.74, 6) is 0. The van der Waals surface area contributed by atoms with Crippen LogP contribution < -0.4 is 0 Å². The van der Waals surface area contributed by atoms with Crippen molar-refractivity contribution in [1.29, 1.82) is 0 Å². The molecule has 0 aliphatic carbocycles. The quantitative estimate of drug-likeness (QED) is 0.0261. The van der Waals surface area contributed by atoms with E-state index in [1.54, 1.807) is 0 Å². The largest absolute Gasteiger partial charge is 2.00 e. The Morgan fingerprint density at radius 2 is 0.431 bits per heavy atom. The van der Waals surface area contributed by atoms with E-state index in [2.05, 4.69) is 27.7 Å². The maximum Gasteiger partial charge on any atom is 2.00 e. The third-order valence-electron chi connectivity index (χ3n) is 8.99. The minimum absolute atomic E-state index is 0. The summed E-state index contributed by atoms with van der Waals surface area (Å²) in [6, 6.07) is 0. The third kappa shape index (κ3) is 52.5. The molecule has 0 unspecified atom stereocenters. The average molecular weight is 885 g/mol. The Morgan fingerprint density at radius 1 is 0.294 bits per heavy atom.